The van der Waals surface area contributed by atoms with E-state index in [0.717, 1.165) is 5.69 Å². The first kappa shape index (κ1) is 13.2. The van der Waals surface area contributed by atoms with E-state index in [2.05, 4.69) is 15.3 Å². The summed E-state index contributed by atoms with van der Waals surface area (Å²) < 4.78 is 10.4. The minimum absolute atomic E-state index is 0.146. The van der Waals surface area contributed by atoms with Crippen molar-refractivity contribution in [3.63, 3.8) is 0 Å². The first-order valence-corrected chi connectivity index (χ1v) is 5.79. The summed E-state index contributed by atoms with van der Waals surface area (Å²) in [7, 11) is 3.14. The van der Waals surface area contributed by atoms with Crippen molar-refractivity contribution in [1.29, 1.82) is 0 Å². The predicted octanol–water partition coefficient (Wildman–Crippen LogP) is 2.47. The number of hydrogen-bond donors (Lipinski definition) is 2. The Morgan fingerprint density at radius 2 is 1.95 bits per heavy atom. The van der Waals surface area contributed by atoms with Crippen molar-refractivity contribution in [2.24, 2.45) is 0 Å². The smallest absolute Gasteiger partial charge is 0.222 e. The second-order valence-electron chi connectivity index (χ2n) is 3.62. The van der Waals surface area contributed by atoms with Crippen LogP contribution in [-0.4, -0.2) is 24.2 Å². The number of nitrogens with zero attached hydrogens (tertiary/aromatic N) is 2. The molecule has 2 aromatic rings. The molecule has 19 heavy (non-hydrogen) atoms. The van der Waals surface area contributed by atoms with Gasteiger partial charge in [-0.3, -0.25) is 0 Å². The number of rotatable bonds is 4. The lowest BCUT2D eigenvalue weighted by atomic mass is 10.2. The molecule has 1 aromatic heterocycles. The summed E-state index contributed by atoms with van der Waals surface area (Å²) in [6.45, 7) is 0. The van der Waals surface area contributed by atoms with Crippen molar-refractivity contribution in [2.75, 3.05) is 25.3 Å². The zero-order valence-corrected chi connectivity index (χ0v) is 11.2. The van der Waals surface area contributed by atoms with Crippen molar-refractivity contribution in [3.05, 3.63) is 29.4 Å². The van der Waals surface area contributed by atoms with Crippen LogP contribution in [-0.2, 0) is 0 Å². The lowest BCUT2D eigenvalue weighted by molar-refractivity contribution is 0.355. The number of hydrogen-bond acceptors (Lipinski definition) is 6. The molecule has 0 amide bonds. The molecule has 7 heteroatoms. The van der Waals surface area contributed by atoms with Gasteiger partial charge < -0.3 is 20.5 Å². The van der Waals surface area contributed by atoms with Crippen LogP contribution in [0.5, 0.6) is 11.5 Å². The second-order valence-corrected chi connectivity index (χ2v) is 4.03. The van der Waals surface area contributed by atoms with Gasteiger partial charge in [0.1, 0.15) is 5.02 Å². The van der Waals surface area contributed by atoms with Crippen molar-refractivity contribution >= 4 is 29.1 Å². The highest BCUT2D eigenvalue weighted by Crippen LogP contribution is 2.32. The molecule has 0 bridgehead atoms. The van der Waals surface area contributed by atoms with E-state index in [-0.39, 0.29) is 5.95 Å². The molecular weight excluding hydrogens is 268 g/mol. The van der Waals surface area contributed by atoms with Crippen LogP contribution in [0.2, 0.25) is 5.02 Å². The average Bonchev–Trinajstić information content (AvgIpc) is 2.42. The molecule has 0 saturated carbocycles. The highest BCUT2D eigenvalue weighted by Gasteiger charge is 2.08. The average molecular weight is 281 g/mol. The minimum atomic E-state index is 0.146. The zero-order valence-electron chi connectivity index (χ0n) is 10.5. The summed E-state index contributed by atoms with van der Waals surface area (Å²) in [5, 5.41) is 3.42. The number of ether oxygens (including phenoxy) is 2. The molecule has 0 aliphatic carbocycles. The van der Waals surface area contributed by atoms with Crippen molar-refractivity contribution < 1.29 is 9.47 Å². The molecule has 0 aliphatic heterocycles. The first-order chi connectivity index (χ1) is 9.13. The maximum absolute atomic E-state index is 5.98. The van der Waals surface area contributed by atoms with Gasteiger partial charge in [0, 0.05) is 11.8 Å². The van der Waals surface area contributed by atoms with Gasteiger partial charge in [-0.2, -0.15) is 4.98 Å². The van der Waals surface area contributed by atoms with Gasteiger partial charge in [0.05, 0.1) is 20.4 Å². The Hall–Kier alpha value is -2.21. The van der Waals surface area contributed by atoms with E-state index in [0.29, 0.717) is 22.3 Å². The maximum Gasteiger partial charge on any atom is 0.222 e. The standard InChI is InChI=1S/C12H13ClN4O2/c1-18-9-4-3-7(5-10(9)19-2)16-11-8(13)6-15-12(14)17-11/h3-6H,1-2H3,(H3,14,15,16,17). The summed E-state index contributed by atoms with van der Waals surface area (Å²) >= 11 is 5.98. The number of benzene rings is 1. The quantitative estimate of drug-likeness (QED) is 0.895. The fourth-order valence-electron chi connectivity index (χ4n) is 1.52. The van der Waals surface area contributed by atoms with Crippen LogP contribution in [0.15, 0.2) is 24.4 Å². The fraction of sp³-hybridized carbons (Fsp3) is 0.167. The fourth-order valence-corrected chi connectivity index (χ4v) is 1.66. The number of aromatic nitrogens is 2. The predicted molar refractivity (Wildman–Crippen MR) is 74.3 cm³/mol. The summed E-state index contributed by atoms with van der Waals surface area (Å²) in [6.07, 6.45) is 1.44. The number of anilines is 3. The van der Waals surface area contributed by atoms with E-state index in [9.17, 15) is 0 Å². The van der Waals surface area contributed by atoms with Gasteiger partial charge in [0.15, 0.2) is 17.3 Å². The SMILES string of the molecule is COc1ccc(Nc2nc(N)ncc2Cl)cc1OC. The lowest BCUT2D eigenvalue weighted by Gasteiger charge is -2.11. The molecule has 2 rings (SSSR count). The molecule has 0 saturated heterocycles. The lowest BCUT2D eigenvalue weighted by Crippen LogP contribution is -2.00. The van der Waals surface area contributed by atoms with Gasteiger partial charge >= 0.3 is 0 Å². The van der Waals surface area contributed by atoms with Gasteiger partial charge in [-0.15, -0.1) is 0 Å². The van der Waals surface area contributed by atoms with Crippen LogP contribution in [0.3, 0.4) is 0 Å². The third kappa shape index (κ3) is 2.97. The topological polar surface area (TPSA) is 82.3 Å². The van der Waals surface area contributed by atoms with E-state index >= 15 is 0 Å². The Balaban J connectivity index is 2.30. The largest absolute Gasteiger partial charge is 0.493 e. The summed E-state index contributed by atoms with van der Waals surface area (Å²) in [5.41, 5.74) is 6.27. The molecule has 1 aromatic carbocycles. The normalized spacial score (nSPS) is 10.1. The molecule has 0 spiro atoms. The molecule has 0 unspecified atom stereocenters. The van der Waals surface area contributed by atoms with E-state index in [1.165, 1.54) is 6.20 Å². The van der Waals surface area contributed by atoms with E-state index in [4.69, 9.17) is 26.8 Å². The third-order valence-electron chi connectivity index (χ3n) is 2.41. The van der Waals surface area contributed by atoms with Crippen molar-refractivity contribution in [3.8, 4) is 11.5 Å². The van der Waals surface area contributed by atoms with Gasteiger partial charge in [0.25, 0.3) is 0 Å². The molecule has 6 nitrogen and oxygen atoms in total. The summed E-state index contributed by atoms with van der Waals surface area (Å²) in [6, 6.07) is 5.36. The van der Waals surface area contributed by atoms with Crippen LogP contribution in [0.1, 0.15) is 0 Å². The molecular formula is C12H13ClN4O2. The highest BCUT2D eigenvalue weighted by molar-refractivity contribution is 6.32. The molecule has 100 valence electrons. The van der Waals surface area contributed by atoms with Gasteiger partial charge in [-0.05, 0) is 12.1 Å². The Morgan fingerprint density at radius 3 is 2.63 bits per heavy atom. The molecule has 0 fully saturated rings. The molecule has 0 aliphatic rings. The third-order valence-corrected chi connectivity index (χ3v) is 2.69. The van der Waals surface area contributed by atoms with E-state index in [1.54, 1.807) is 26.4 Å². The number of nitrogens with two attached hydrogens (primary N) is 1. The first-order valence-electron chi connectivity index (χ1n) is 5.41. The summed E-state index contributed by atoms with van der Waals surface area (Å²) in [4.78, 5) is 7.81. The van der Waals surface area contributed by atoms with Crippen LogP contribution >= 0.6 is 11.6 Å². The van der Waals surface area contributed by atoms with Gasteiger partial charge in [0.2, 0.25) is 5.95 Å². The molecule has 3 N–H and O–H groups in total. The monoisotopic (exact) mass is 280 g/mol. The van der Waals surface area contributed by atoms with Crippen molar-refractivity contribution in [2.45, 2.75) is 0 Å². The molecule has 0 atom stereocenters. The van der Waals surface area contributed by atoms with Crippen LogP contribution in [0, 0.1) is 0 Å². The van der Waals surface area contributed by atoms with Crippen LogP contribution < -0.4 is 20.5 Å². The maximum atomic E-state index is 5.98. The van der Waals surface area contributed by atoms with Crippen molar-refractivity contribution in [1.82, 2.24) is 9.97 Å². The van der Waals surface area contributed by atoms with Crippen LogP contribution in [0.4, 0.5) is 17.5 Å². The minimum Gasteiger partial charge on any atom is -0.493 e. The number of nitrogens with one attached hydrogen (secondary N) is 1. The number of methoxy groups -OCH3 is 2. The molecule has 0 radical (unpaired) electrons. The number of halogens is 1. The second kappa shape index (κ2) is 5.62. The highest BCUT2D eigenvalue weighted by atomic mass is 35.5. The number of nitrogen functional groups attached to an aromatic ring is 1. The van der Waals surface area contributed by atoms with Crippen LogP contribution in [0.25, 0.3) is 0 Å². The summed E-state index contributed by atoms with van der Waals surface area (Å²) in [5.74, 6) is 1.82. The van der Waals surface area contributed by atoms with E-state index < -0.39 is 0 Å². The van der Waals surface area contributed by atoms with E-state index in [1.807, 2.05) is 6.07 Å². The van der Waals surface area contributed by atoms with Gasteiger partial charge in [-0.1, -0.05) is 11.6 Å². The Morgan fingerprint density at radius 1 is 1.21 bits per heavy atom. The molecule has 1 heterocycles. The Kier molecular flexibility index (Phi) is 3.91. The Bertz CT molecular complexity index is 592. The zero-order chi connectivity index (χ0) is 13.8. The Labute approximate surface area is 115 Å². The van der Waals surface area contributed by atoms with Gasteiger partial charge in [-0.25, -0.2) is 4.98 Å².